The highest BCUT2D eigenvalue weighted by Gasteiger charge is 2.35. The van der Waals surface area contributed by atoms with E-state index in [1.807, 2.05) is 6.92 Å². The molecule has 0 aromatic heterocycles. The van der Waals surface area contributed by atoms with E-state index < -0.39 is 16.3 Å². The summed E-state index contributed by atoms with van der Waals surface area (Å²) in [6.07, 6.45) is 2.07. The lowest BCUT2D eigenvalue weighted by atomic mass is 9.98. The van der Waals surface area contributed by atoms with Crippen LogP contribution < -0.4 is 4.72 Å². The fourth-order valence-electron chi connectivity index (χ4n) is 1.72. The normalized spacial score (nSPS) is 34.3. The van der Waals surface area contributed by atoms with Crippen LogP contribution in [0.25, 0.3) is 0 Å². The number of β-amino-alcohol motifs (C(OH)–C–C–N with tert-alkyl or cyclic N) is 1. The van der Waals surface area contributed by atoms with Crippen molar-refractivity contribution >= 4 is 10.2 Å². The number of nitrogens with one attached hydrogen (secondary N) is 1. The van der Waals surface area contributed by atoms with Crippen molar-refractivity contribution < 1.29 is 13.5 Å². The minimum Gasteiger partial charge on any atom is -0.391 e. The number of aliphatic hydroxyl groups is 1. The second-order valence-corrected chi connectivity index (χ2v) is 6.29. The second-order valence-electron chi connectivity index (χ2n) is 4.59. The molecular formula is C9H18N2O3S. The van der Waals surface area contributed by atoms with Gasteiger partial charge in [-0.15, -0.1) is 0 Å². The Labute approximate surface area is 90.6 Å². The van der Waals surface area contributed by atoms with Crippen LogP contribution >= 0.6 is 0 Å². The summed E-state index contributed by atoms with van der Waals surface area (Å²) in [5, 5.41) is 9.63. The average Bonchev–Trinajstić information content (AvgIpc) is 2.92. The number of nitrogens with zero attached hydrogens (tertiary/aromatic N) is 1. The van der Waals surface area contributed by atoms with Crippen LogP contribution in [0.2, 0.25) is 0 Å². The number of hydrogen-bond donors (Lipinski definition) is 2. The second kappa shape index (κ2) is 4.01. The number of piperidine rings is 1. The zero-order valence-corrected chi connectivity index (χ0v) is 9.70. The molecule has 2 atom stereocenters. The van der Waals surface area contributed by atoms with Gasteiger partial charge in [0, 0.05) is 19.1 Å². The molecule has 2 fully saturated rings. The van der Waals surface area contributed by atoms with E-state index in [4.69, 9.17) is 0 Å². The Hall–Kier alpha value is -0.170. The van der Waals surface area contributed by atoms with Gasteiger partial charge in [0.05, 0.1) is 6.10 Å². The van der Waals surface area contributed by atoms with Crippen molar-refractivity contribution in [2.45, 2.75) is 38.3 Å². The van der Waals surface area contributed by atoms with Gasteiger partial charge in [-0.3, -0.25) is 0 Å². The zero-order valence-electron chi connectivity index (χ0n) is 8.89. The van der Waals surface area contributed by atoms with Crippen molar-refractivity contribution in [1.82, 2.24) is 9.03 Å². The SMILES string of the molecule is CC1CCN(S(=O)(=O)NC2CC2)CC1O. The average molecular weight is 234 g/mol. The molecule has 88 valence electrons. The first-order valence-corrected chi connectivity index (χ1v) is 6.88. The van der Waals surface area contributed by atoms with Crippen LogP contribution in [-0.4, -0.2) is 43.1 Å². The zero-order chi connectivity index (χ0) is 11.1. The summed E-state index contributed by atoms with van der Waals surface area (Å²) in [5.74, 6) is 0.192. The van der Waals surface area contributed by atoms with E-state index >= 15 is 0 Å². The maximum atomic E-state index is 11.8. The van der Waals surface area contributed by atoms with Gasteiger partial charge in [0.1, 0.15) is 0 Å². The quantitative estimate of drug-likeness (QED) is 0.703. The van der Waals surface area contributed by atoms with Crippen LogP contribution in [-0.2, 0) is 10.2 Å². The maximum absolute atomic E-state index is 11.8. The molecule has 2 N–H and O–H groups in total. The van der Waals surface area contributed by atoms with E-state index in [9.17, 15) is 13.5 Å². The van der Waals surface area contributed by atoms with Gasteiger partial charge in [0.2, 0.25) is 0 Å². The van der Waals surface area contributed by atoms with Crippen molar-refractivity contribution in [3.05, 3.63) is 0 Å². The maximum Gasteiger partial charge on any atom is 0.279 e. The Morgan fingerprint density at radius 3 is 2.53 bits per heavy atom. The summed E-state index contributed by atoms with van der Waals surface area (Å²) in [4.78, 5) is 0. The predicted octanol–water partition coefficient (Wildman–Crippen LogP) is -0.314. The van der Waals surface area contributed by atoms with Gasteiger partial charge in [0.25, 0.3) is 10.2 Å². The molecule has 1 heterocycles. The summed E-state index contributed by atoms with van der Waals surface area (Å²) >= 11 is 0. The van der Waals surface area contributed by atoms with Gasteiger partial charge in [0.15, 0.2) is 0 Å². The lowest BCUT2D eigenvalue weighted by Gasteiger charge is -2.33. The van der Waals surface area contributed by atoms with Gasteiger partial charge in [-0.05, 0) is 25.2 Å². The van der Waals surface area contributed by atoms with Crippen LogP contribution in [0.3, 0.4) is 0 Å². The van der Waals surface area contributed by atoms with E-state index in [1.54, 1.807) is 0 Å². The molecule has 15 heavy (non-hydrogen) atoms. The monoisotopic (exact) mass is 234 g/mol. The number of rotatable bonds is 3. The molecule has 1 saturated heterocycles. The van der Waals surface area contributed by atoms with E-state index in [0.717, 1.165) is 19.3 Å². The topological polar surface area (TPSA) is 69.6 Å². The minimum atomic E-state index is -3.35. The third-order valence-electron chi connectivity index (χ3n) is 3.11. The molecule has 0 aromatic rings. The van der Waals surface area contributed by atoms with Gasteiger partial charge < -0.3 is 5.11 Å². The van der Waals surface area contributed by atoms with Crippen molar-refractivity contribution in [3.63, 3.8) is 0 Å². The molecule has 0 radical (unpaired) electrons. The fourth-order valence-corrected chi connectivity index (χ4v) is 3.23. The predicted molar refractivity (Wildman–Crippen MR) is 56.4 cm³/mol. The van der Waals surface area contributed by atoms with Crippen LogP contribution in [0.1, 0.15) is 26.2 Å². The number of hydrogen-bond acceptors (Lipinski definition) is 3. The minimum absolute atomic E-state index is 0.131. The van der Waals surface area contributed by atoms with Crippen molar-refractivity contribution in [2.24, 2.45) is 5.92 Å². The Balaban J connectivity index is 1.97. The molecule has 0 amide bonds. The molecule has 1 saturated carbocycles. The summed E-state index contributed by atoms with van der Waals surface area (Å²) in [6, 6.07) is 0.131. The first-order valence-electron chi connectivity index (χ1n) is 5.44. The largest absolute Gasteiger partial charge is 0.391 e. The third kappa shape index (κ3) is 2.69. The van der Waals surface area contributed by atoms with Crippen molar-refractivity contribution in [3.8, 4) is 0 Å². The van der Waals surface area contributed by atoms with E-state index in [1.165, 1.54) is 4.31 Å². The molecule has 2 aliphatic rings. The summed E-state index contributed by atoms with van der Waals surface area (Å²) in [5.41, 5.74) is 0. The molecule has 6 heteroatoms. The van der Waals surface area contributed by atoms with Gasteiger partial charge in [-0.2, -0.15) is 17.4 Å². The van der Waals surface area contributed by atoms with Gasteiger partial charge >= 0.3 is 0 Å². The van der Waals surface area contributed by atoms with E-state index in [2.05, 4.69) is 4.72 Å². The number of aliphatic hydroxyl groups excluding tert-OH is 1. The van der Waals surface area contributed by atoms with E-state index in [0.29, 0.717) is 6.54 Å². The Morgan fingerprint density at radius 2 is 2.00 bits per heavy atom. The first-order chi connectivity index (χ1) is 6.99. The van der Waals surface area contributed by atoms with E-state index in [-0.39, 0.29) is 18.5 Å². The lowest BCUT2D eigenvalue weighted by Crippen LogP contribution is -2.50. The van der Waals surface area contributed by atoms with Gasteiger partial charge in [-0.1, -0.05) is 6.92 Å². The molecule has 0 bridgehead atoms. The highest BCUT2D eigenvalue weighted by atomic mass is 32.2. The summed E-state index contributed by atoms with van der Waals surface area (Å²) in [6.45, 7) is 2.69. The molecule has 1 aliphatic carbocycles. The fraction of sp³-hybridized carbons (Fsp3) is 1.00. The standard InChI is InChI=1S/C9H18N2O3S/c1-7-4-5-11(6-9(7)12)15(13,14)10-8-2-3-8/h7-10,12H,2-6H2,1H3. The molecule has 2 rings (SSSR count). The summed E-state index contributed by atoms with van der Waals surface area (Å²) in [7, 11) is -3.35. The molecular weight excluding hydrogens is 216 g/mol. The molecule has 2 unspecified atom stereocenters. The Kier molecular flexibility index (Phi) is 3.03. The van der Waals surface area contributed by atoms with Crippen LogP contribution in [0, 0.1) is 5.92 Å². The first kappa shape index (κ1) is 11.3. The summed E-state index contributed by atoms with van der Waals surface area (Å²) < 4.78 is 27.6. The lowest BCUT2D eigenvalue weighted by molar-refractivity contribution is 0.0600. The highest BCUT2D eigenvalue weighted by molar-refractivity contribution is 7.87. The van der Waals surface area contributed by atoms with Gasteiger partial charge in [-0.25, -0.2) is 0 Å². The molecule has 0 spiro atoms. The molecule has 5 nitrogen and oxygen atoms in total. The third-order valence-corrected chi connectivity index (χ3v) is 4.76. The van der Waals surface area contributed by atoms with Crippen LogP contribution in [0.15, 0.2) is 0 Å². The van der Waals surface area contributed by atoms with Crippen LogP contribution in [0.5, 0.6) is 0 Å². The Bertz CT molecular complexity index is 326. The Morgan fingerprint density at radius 1 is 1.33 bits per heavy atom. The van der Waals surface area contributed by atoms with Crippen LogP contribution in [0.4, 0.5) is 0 Å². The van der Waals surface area contributed by atoms with Crippen molar-refractivity contribution in [2.75, 3.05) is 13.1 Å². The highest BCUT2D eigenvalue weighted by Crippen LogP contribution is 2.23. The van der Waals surface area contributed by atoms with Crippen molar-refractivity contribution in [1.29, 1.82) is 0 Å². The smallest absolute Gasteiger partial charge is 0.279 e. The molecule has 0 aromatic carbocycles. The molecule has 1 aliphatic heterocycles.